The SMILES string of the molecule is O=C(O)CC1CCC(C(=O)N2CCCCCC2)CC1. The number of likely N-dealkylation sites (tertiary alicyclic amines) is 1. The Labute approximate surface area is 115 Å². The topological polar surface area (TPSA) is 57.6 Å². The van der Waals surface area contributed by atoms with Gasteiger partial charge in [-0.3, -0.25) is 9.59 Å². The zero-order chi connectivity index (χ0) is 13.7. The van der Waals surface area contributed by atoms with E-state index in [-0.39, 0.29) is 18.3 Å². The number of rotatable bonds is 3. The lowest BCUT2D eigenvalue weighted by Gasteiger charge is -2.31. The molecule has 2 aliphatic rings. The second-order valence-electron chi connectivity index (χ2n) is 6.06. The van der Waals surface area contributed by atoms with Crippen LogP contribution in [0.15, 0.2) is 0 Å². The van der Waals surface area contributed by atoms with Gasteiger partial charge in [0.25, 0.3) is 0 Å². The van der Waals surface area contributed by atoms with E-state index in [1.807, 2.05) is 0 Å². The van der Waals surface area contributed by atoms with E-state index in [0.29, 0.717) is 5.91 Å². The van der Waals surface area contributed by atoms with Gasteiger partial charge in [-0.05, 0) is 44.4 Å². The average molecular weight is 267 g/mol. The normalized spacial score (nSPS) is 28.7. The van der Waals surface area contributed by atoms with Crippen molar-refractivity contribution in [2.45, 2.75) is 57.8 Å². The van der Waals surface area contributed by atoms with Gasteiger partial charge >= 0.3 is 5.97 Å². The molecule has 0 radical (unpaired) electrons. The monoisotopic (exact) mass is 267 g/mol. The maximum Gasteiger partial charge on any atom is 0.303 e. The van der Waals surface area contributed by atoms with E-state index in [1.165, 1.54) is 12.8 Å². The fourth-order valence-corrected chi connectivity index (χ4v) is 3.41. The lowest BCUT2D eigenvalue weighted by Crippen LogP contribution is -2.38. The summed E-state index contributed by atoms with van der Waals surface area (Å²) < 4.78 is 0. The van der Waals surface area contributed by atoms with E-state index in [1.54, 1.807) is 0 Å². The van der Waals surface area contributed by atoms with Gasteiger partial charge in [0.15, 0.2) is 0 Å². The van der Waals surface area contributed by atoms with Crippen molar-refractivity contribution in [2.24, 2.45) is 11.8 Å². The van der Waals surface area contributed by atoms with Crippen LogP contribution in [0.2, 0.25) is 0 Å². The second kappa shape index (κ2) is 6.92. The molecule has 0 aromatic heterocycles. The average Bonchev–Trinajstić information content (AvgIpc) is 2.67. The Morgan fingerprint density at radius 3 is 2.05 bits per heavy atom. The molecule has 0 bridgehead atoms. The second-order valence-corrected chi connectivity index (χ2v) is 6.06. The van der Waals surface area contributed by atoms with E-state index in [9.17, 15) is 9.59 Å². The van der Waals surface area contributed by atoms with Gasteiger partial charge in [0.2, 0.25) is 5.91 Å². The summed E-state index contributed by atoms with van der Waals surface area (Å²) in [6.45, 7) is 1.85. The molecule has 0 unspecified atom stereocenters. The molecule has 0 atom stereocenters. The minimum atomic E-state index is -0.706. The van der Waals surface area contributed by atoms with Crippen LogP contribution in [0.1, 0.15) is 57.8 Å². The van der Waals surface area contributed by atoms with Gasteiger partial charge in [-0.25, -0.2) is 0 Å². The molecule has 1 heterocycles. The van der Waals surface area contributed by atoms with E-state index in [0.717, 1.165) is 51.6 Å². The van der Waals surface area contributed by atoms with E-state index >= 15 is 0 Å². The molecule has 1 saturated carbocycles. The summed E-state index contributed by atoms with van der Waals surface area (Å²) in [5, 5.41) is 8.80. The molecule has 2 fully saturated rings. The highest BCUT2D eigenvalue weighted by Crippen LogP contribution is 2.32. The lowest BCUT2D eigenvalue weighted by atomic mass is 9.80. The molecule has 1 aliphatic carbocycles. The molecule has 4 nitrogen and oxygen atoms in total. The molecular weight excluding hydrogens is 242 g/mol. The van der Waals surface area contributed by atoms with Crippen LogP contribution < -0.4 is 0 Å². The first-order valence-corrected chi connectivity index (χ1v) is 7.67. The first kappa shape index (κ1) is 14.4. The number of amides is 1. The number of hydrogen-bond donors (Lipinski definition) is 1. The minimum Gasteiger partial charge on any atom is -0.481 e. The van der Waals surface area contributed by atoms with Crippen LogP contribution in [0, 0.1) is 11.8 Å². The molecule has 0 aromatic carbocycles. The van der Waals surface area contributed by atoms with Crippen LogP contribution in [0.4, 0.5) is 0 Å². The summed E-state index contributed by atoms with van der Waals surface area (Å²) in [6.07, 6.45) is 8.60. The fourth-order valence-electron chi connectivity index (χ4n) is 3.41. The Bertz CT molecular complexity index is 313. The largest absolute Gasteiger partial charge is 0.481 e. The molecule has 1 aliphatic heterocycles. The van der Waals surface area contributed by atoms with Crippen LogP contribution in [0.3, 0.4) is 0 Å². The molecule has 1 saturated heterocycles. The molecule has 108 valence electrons. The number of carbonyl (C=O) groups excluding carboxylic acids is 1. The highest BCUT2D eigenvalue weighted by Gasteiger charge is 2.30. The molecule has 1 amide bonds. The fraction of sp³-hybridized carbons (Fsp3) is 0.867. The van der Waals surface area contributed by atoms with Gasteiger partial charge in [-0.2, -0.15) is 0 Å². The van der Waals surface area contributed by atoms with Crippen LogP contribution in [-0.4, -0.2) is 35.0 Å². The predicted molar refractivity (Wildman–Crippen MR) is 72.7 cm³/mol. The molecule has 0 aromatic rings. The third-order valence-corrected chi connectivity index (χ3v) is 4.58. The minimum absolute atomic E-state index is 0.156. The zero-order valence-corrected chi connectivity index (χ0v) is 11.6. The van der Waals surface area contributed by atoms with Gasteiger partial charge in [-0.15, -0.1) is 0 Å². The third-order valence-electron chi connectivity index (χ3n) is 4.58. The van der Waals surface area contributed by atoms with Gasteiger partial charge in [0.1, 0.15) is 0 Å². The highest BCUT2D eigenvalue weighted by atomic mass is 16.4. The summed E-state index contributed by atoms with van der Waals surface area (Å²) in [4.78, 5) is 25.2. The summed E-state index contributed by atoms with van der Waals surface area (Å²) >= 11 is 0. The molecule has 4 heteroatoms. The Balaban J connectivity index is 1.79. The van der Waals surface area contributed by atoms with Crippen molar-refractivity contribution < 1.29 is 14.7 Å². The van der Waals surface area contributed by atoms with Gasteiger partial charge in [0.05, 0.1) is 0 Å². The van der Waals surface area contributed by atoms with Crippen LogP contribution in [-0.2, 0) is 9.59 Å². The Hall–Kier alpha value is -1.06. The van der Waals surface area contributed by atoms with Crippen molar-refractivity contribution in [2.75, 3.05) is 13.1 Å². The van der Waals surface area contributed by atoms with Gasteiger partial charge < -0.3 is 10.0 Å². The van der Waals surface area contributed by atoms with E-state index < -0.39 is 5.97 Å². The molecule has 1 N–H and O–H groups in total. The maximum absolute atomic E-state index is 12.4. The molecule has 19 heavy (non-hydrogen) atoms. The maximum atomic E-state index is 12.4. The number of aliphatic carboxylic acids is 1. The Morgan fingerprint density at radius 1 is 0.947 bits per heavy atom. The van der Waals surface area contributed by atoms with Crippen LogP contribution >= 0.6 is 0 Å². The van der Waals surface area contributed by atoms with E-state index in [2.05, 4.69) is 4.90 Å². The summed E-state index contributed by atoms with van der Waals surface area (Å²) in [7, 11) is 0. The predicted octanol–water partition coefficient (Wildman–Crippen LogP) is 2.67. The summed E-state index contributed by atoms with van der Waals surface area (Å²) in [5.41, 5.74) is 0. The summed E-state index contributed by atoms with van der Waals surface area (Å²) in [5.74, 6) is 0.0619. The lowest BCUT2D eigenvalue weighted by molar-refractivity contribution is -0.139. The number of nitrogens with zero attached hydrogens (tertiary/aromatic N) is 1. The molecular formula is C15H25NO3. The third kappa shape index (κ3) is 4.22. The number of hydrogen-bond acceptors (Lipinski definition) is 2. The van der Waals surface area contributed by atoms with Crippen molar-refractivity contribution in [3.63, 3.8) is 0 Å². The standard InChI is InChI=1S/C15H25NO3/c17-14(18)11-12-5-7-13(8-6-12)15(19)16-9-3-1-2-4-10-16/h12-13H,1-11H2,(H,17,18). The van der Waals surface area contributed by atoms with Crippen molar-refractivity contribution in [1.29, 1.82) is 0 Å². The van der Waals surface area contributed by atoms with Crippen LogP contribution in [0.25, 0.3) is 0 Å². The van der Waals surface area contributed by atoms with Crippen LogP contribution in [0.5, 0.6) is 0 Å². The first-order valence-electron chi connectivity index (χ1n) is 7.67. The number of carbonyl (C=O) groups is 2. The highest BCUT2D eigenvalue weighted by molar-refractivity contribution is 5.79. The van der Waals surface area contributed by atoms with Crippen molar-refractivity contribution in [3.05, 3.63) is 0 Å². The Kier molecular flexibility index (Phi) is 5.23. The number of carboxylic acid groups (broad SMARTS) is 1. The molecule has 2 rings (SSSR count). The summed E-state index contributed by atoms with van der Waals surface area (Å²) in [6, 6.07) is 0. The zero-order valence-electron chi connectivity index (χ0n) is 11.6. The number of carboxylic acids is 1. The van der Waals surface area contributed by atoms with Crippen molar-refractivity contribution >= 4 is 11.9 Å². The van der Waals surface area contributed by atoms with Crippen molar-refractivity contribution in [1.82, 2.24) is 4.90 Å². The Morgan fingerprint density at radius 2 is 1.53 bits per heavy atom. The van der Waals surface area contributed by atoms with Crippen molar-refractivity contribution in [3.8, 4) is 0 Å². The smallest absolute Gasteiger partial charge is 0.303 e. The van der Waals surface area contributed by atoms with Gasteiger partial charge in [0, 0.05) is 25.4 Å². The van der Waals surface area contributed by atoms with Gasteiger partial charge in [-0.1, -0.05) is 12.8 Å². The van der Waals surface area contributed by atoms with E-state index in [4.69, 9.17) is 5.11 Å². The quantitative estimate of drug-likeness (QED) is 0.855. The first-order chi connectivity index (χ1) is 9.16. The molecule has 0 spiro atoms.